The summed E-state index contributed by atoms with van der Waals surface area (Å²) in [6.07, 6.45) is 0. The Labute approximate surface area is 138 Å². The SMILES string of the molecule is Cc1cccc(C(NN)c2c(F)ccc(Br)c2F)c1I. The van der Waals surface area contributed by atoms with E-state index in [4.69, 9.17) is 5.84 Å². The van der Waals surface area contributed by atoms with Crippen LogP contribution in [0.4, 0.5) is 8.78 Å². The van der Waals surface area contributed by atoms with Crippen LogP contribution in [0.2, 0.25) is 0 Å². The number of benzene rings is 2. The molecule has 0 amide bonds. The molecule has 0 aliphatic carbocycles. The molecule has 2 rings (SSSR count). The van der Waals surface area contributed by atoms with E-state index in [1.165, 1.54) is 12.1 Å². The minimum atomic E-state index is -0.751. The smallest absolute Gasteiger partial charge is 0.145 e. The molecule has 0 aliphatic heterocycles. The van der Waals surface area contributed by atoms with Crippen molar-refractivity contribution in [2.45, 2.75) is 13.0 Å². The molecule has 0 radical (unpaired) electrons. The number of halogens is 4. The summed E-state index contributed by atoms with van der Waals surface area (Å²) in [4.78, 5) is 0. The summed E-state index contributed by atoms with van der Waals surface area (Å²) >= 11 is 5.22. The van der Waals surface area contributed by atoms with Crippen molar-refractivity contribution in [1.29, 1.82) is 0 Å². The Hall–Kier alpha value is -0.570. The van der Waals surface area contributed by atoms with Gasteiger partial charge in [-0.15, -0.1) is 0 Å². The minimum absolute atomic E-state index is 0.0922. The van der Waals surface area contributed by atoms with Gasteiger partial charge in [0.25, 0.3) is 0 Å². The fourth-order valence-electron chi connectivity index (χ4n) is 2.03. The van der Waals surface area contributed by atoms with E-state index in [2.05, 4.69) is 43.9 Å². The molecule has 2 nitrogen and oxygen atoms in total. The highest BCUT2D eigenvalue weighted by atomic mass is 127. The molecule has 6 heteroatoms. The van der Waals surface area contributed by atoms with E-state index in [0.29, 0.717) is 0 Å². The van der Waals surface area contributed by atoms with Gasteiger partial charge >= 0.3 is 0 Å². The highest BCUT2D eigenvalue weighted by Crippen LogP contribution is 2.33. The molecule has 0 saturated heterocycles. The van der Waals surface area contributed by atoms with E-state index in [9.17, 15) is 8.78 Å². The van der Waals surface area contributed by atoms with Crippen LogP contribution in [0.1, 0.15) is 22.7 Å². The van der Waals surface area contributed by atoms with Crippen LogP contribution in [0.15, 0.2) is 34.8 Å². The Morgan fingerprint density at radius 2 is 1.95 bits per heavy atom. The molecule has 0 spiro atoms. The van der Waals surface area contributed by atoms with E-state index in [0.717, 1.165) is 14.7 Å². The molecular formula is C14H12BrF2IN2. The molecule has 0 fully saturated rings. The zero-order valence-corrected chi connectivity index (χ0v) is 14.3. The number of nitrogens with one attached hydrogen (secondary N) is 1. The Balaban J connectivity index is 2.65. The number of hydrogen-bond donors (Lipinski definition) is 2. The molecule has 20 heavy (non-hydrogen) atoms. The van der Waals surface area contributed by atoms with Gasteiger partial charge in [0, 0.05) is 9.13 Å². The van der Waals surface area contributed by atoms with Gasteiger partial charge in [0.1, 0.15) is 11.6 Å². The van der Waals surface area contributed by atoms with Crippen molar-refractivity contribution in [3.63, 3.8) is 0 Å². The molecule has 1 atom stereocenters. The van der Waals surface area contributed by atoms with Gasteiger partial charge < -0.3 is 0 Å². The molecule has 0 bridgehead atoms. The van der Waals surface area contributed by atoms with Crippen molar-refractivity contribution >= 4 is 38.5 Å². The zero-order valence-electron chi connectivity index (χ0n) is 10.6. The highest BCUT2D eigenvalue weighted by molar-refractivity contribution is 14.1. The lowest BCUT2D eigenvalue weighted by Gasteiger charge is -2.21. The number of hydrogen-bond acceptors (Lipinski definition) is 2. The van der Waals surface area contributed by atoms with Gasteiger partial charge in [-0.1, -0.05) is 18.2 Å². The second-order valence-electron chi connectivity index (χ2n) is 4.33. The summed E-state index contributed by atoms with van der Waals surface area (Å²) in [5, 5.41) is 0. The normalized spacial score (nSPS) is 12.5. The molecule has 0 heterocycles. The van der Waals surface area contributed by atoms with E-state index in [1.807, 2.05) is 19.1 Å². The molecular weight excluding hydrogens is 441 g/mol. The molecule has 0 aromatic heterocycles. The first-order valence-corrected chi connectivity index (χ1v) is 7.69. The third-order valence-electron chi connectivity index (χ3n) is 3.07. The summed E-state index contributed by atoms with van der Waals surface area (Å²) in [6.45, 7) is 1.94. The Kier molecular flexibility index (Phi) is 5.11. The van der Waals surface area contributed by atoms with Crippen molar-refractivity contribution in [3.8, 4) is 0 Å². The molecule has 1 unspecified atom stereocenters. The van der Waals surface area contributed by atoms with Crippen molar-refractivity contribution in [2.24, 2.45) is 5.84 Å². The average Bonchev–Trinajstić information content (AvgIpc) is 2.43. The van der Waals surface area contributed by atoms with Gasteiger partial charge in [0.2, 0.25) is 0 Å². The van der Waals surface area contributed by atoms with Gasteiger partial charge in [0.05, 0.1) is 10.5 Å². The number of aryl methyl sites for hydroxylation is 1. The third kappa shape index (κ3) is 2.88. The predicted octanol–water partition coefficient (Wildman–Crippen LogP) is 4.19. The maximum absolute atomic E-state index is 14.2. The standard InChI is InChI=1S/C14H12BrF2IN2/c1-7-3-2-4-8(13(7)18)14(20-19)11-10(16)6-5-9(15)12(11)17/h2-6,14,20H,19H2,1H3. The Bertz CT molecular complexity index is 649. The first-order chi connectivity index (χ1) is 9.47. The largest absolute Gasteiger partial charge is 0.271 e. The van der Waals surface area contributed by atoms with Crippen LogP contribution in [0.25, 0.3) is 0 Å². The van der Waals surface area contributed by atoms with Crippen LogP contribution in [0.5, 0.6) is 0 Å². The van der Waals surface area contributed by atoms with Crippen LogP contribution in [0.3, 0.4) is 0 Å². The summed E-state index contributed by atoms with van der Waals surface area (Å²) < 4.78 is 29.4. The summed E-state index contributed by atoms with van der Waals surface area (Å²) in [6, 6.07) is 7.38. The van der Waals surface area contributed by atoms with Gasteiger partial charge in [-0.2, -0.15) is 0 Å². The van der Waals surface area contributed by atoms with E-state index >= 15 is 0 Å². The van der Waals surface area contributed by atoms with Gasteiger partial charge in [-0.05, 0) is 68.7 Å². The first-order valence-electron chi connectivity index (χ1n) is 5.82. The monoisotopic (exact) mass is 452 g/mol. The lowest BCUT2D eigenvalue weighted by molar-refractivity contribution is 0.506. The number of hydrazine groups is 1. The van der Waals surface area contributed by atoms with Crippen molar-refractivity contribution < 1.29 is 8.78 Å². The summed E-state index contributed by atoms with van der Waals surface area (Å²) in [5.74, 6) is 4.26. The topological polar surface area (TPSA) is 38.0 Å². The predicted molar refractivity (Wildman–Crippen MR) is 87.1 cm³/mol. The molecule has 0 saturated carbocycles. The van der Waals surface area contributed by atoms with Crippen LogP contribution in [-0.4, -0.2) is 0 Å². The lowest BCUT2D eigenvalue weighted by Crippen LogP contribution is -2.31. The van der Waals surface area contributed by atoms with E-state index < -0.39 is 17.7 Å². The molecule has 0 aliphatic rings. The summed E-state index contributed by atoms with van der Waals surface area (Å²) in [5.41, 5.74) is 4.18. The fourth-order valence-corrected chi connectivity index (χ4v) is 3.05. The average molecular weight is 453 g/mol. The second-order valence-corrected chi connectivity index (χ2v) is 6.27. The maximum Gasteiger partial charge on any atom is 0.145 e. The molecule has 2 aromatic rings. The Morgan fingerprint density at radius 3 is 2.60 bits per heavy atom. The number of rotatable bonds is 3. The summed E-state index contributed by atoms with van der Waals surface area (Å²) in [7, 11) is 0. The fraction of sp³-hybridized carbons (Fsp3) is 0.143. The number of nitrogens with two attached hydrogens (primary N) is 1. The molecule has 3 N–H and O–H groups in total. The zero-order chi connectivity index (χ0) is 14.9. The van der Waals surface area contributed by atoms with Crippen molar-refractivity contribution in [3.05, 3.63) is 66.7 Å². The van der Waals surface area contributed by atoms with Crippen LogP contribution >= 0.6 is 38.5 Å². The first kappa shape index (κ1) is 15.8. The van der Waals surface area contributed by atoms with Gasteiger partial charge in [0.15, 0.2) is 0 Å². The molecule has 106 valence electrons. The second kappa shape index (κ2) is 6.46. The highest BCUT2D eigenvalue weighted by Gasteiger charge is 2.24. The van der Waals surface area contributed by atoms with E-state index in [1.54, 1.807) is 6.07 Å². The van der Waals surface area contributed by atoms with Crippen molar-refractivity contribution in [1.82, 2.24) is 5.43 Å². The minimum Gasteiger partial charge on any atom is -0.271 e. The maximum atomic E-state index is 14.2. The quantitative estimate of drug-likeness (QED) is 0.317. The third-order valence-corrected chi connectivity index (χ3v) is 5.15. The van der Waals surface area contributed by atoms with Crippen molar-refractivity contribution in [2.75, 3.05) is 0 Å². The van der Waals surface area contributed by atoms with Crippen LogP contribution in [0, 0.1) is 22.1 Å². The van der Waals surface area contributed by atoms with Crippen LogP contribution in [-0.2, 0) is 0 Å². The molecule has 2 aromatic carbocycles. The van der Waals surface area contributed by atoms with Gasteiger partial charge in [-0.3, -0.25) is 5.84 Å². The Morgan fingerprint density at radius 1 is 1.25 bits per heavy atom. The van der Waals surface area contributed by atoms with Gasteiger partial charge in [-0.25, -0.2) is 14.2 Å². The van der Waals surface area contributed by atoms with E-state index in [-0.39, 0.29) is 10.0 Å². The van der Waals surface area contributed by atoms with Crippen LogP contribution < -0.4 is 11.3 Å². The lowest BCUT2D eigenvalue weighted by atomic mass is 9.97.